The van der Waals surface area contributed by atoms with Gasteiger partial charge in [-0.25, -0.2) is 4.79 Å². The summed E-state index contributed by atoms with van der Waals surface area (Å²) in [5, 5.41) is 3.46. The number of cyclic esters (lactones) is 1. The molecule has 5 heteroatoms. The quantitative estimate of drug-likeness (QED) is 0.726. The lowest BCUT2D eigenvalue weighted by atomic mass is 10.2. The van der Waals surface area contributed by atoms with Gasteiger partial charge in [-0.05, 0) is 12.1 Å². The van der Waals surface area contributed by atoms with E-state index in [1.165, 1.54) is 0 Å². The van der Waals surface area contributed by atoms with Crippen LogP contribution in [-0.2, 0) is 11.3 Å². The molecule has 0 aromatic heterocycles. The van der Waals surface area contributed by atoms with Crippen molar-refractivity contribution in [2.45, 2.75) is 6.61 Å². The van der Waals surface area contributed by atoms with E-state index in [1.807, 2.05) is 0 Å². The molecular formula is C8H5Cl2NO2. The molecule has 1 aliphatic heterocycles. The lowest BCUT2D eigenvalue weighted by molar-refractivity contribution is 0.151. The van der Waals surface area contributed by atoms with Crippen molar-refractivity contribution < 1.29 is 9.53 Å². The van der Waals surface area contributed by atoms with E-state index in [2.05, 4.69) is 5.32 Å². The number of ether oxygens (including phenoxy) is 1. The number of fused-ring (bicyclic) bond motifs is 1. The first-order valence-electron chi connectivity index (χ1n) is 3.58. The zero-order valence-electron chi connectivity index (χ0n) is 6.43. The second-order valence-corrected chi connectivity index (χ2v) is 3.47. The topological polar surface area (TPSA) is 38.3 Å². The second-order valence-electron chi connectivity index (χ2n) is 2.62. The summed E-state index contributed by atoms with van der Waals surface area (Å²) in [6.45, 7) is 0.210. The van der Waals surface area contributed by atoms with Gasteiger partial charge in [0.25, 0.3) is 0 Å². The number of rotatable bonds is 0. The molecule has 1 aromatic rings. The number of hydrogen-bond donors (Lipinski definition) is 1. The maximum Gasteiger partial charge on any atom is 0.412 e. The summed E-state index contributed by atoms with van der Waals surface area (Å²) in [4.78, 5) is 10.8. The molecule has 0 atom stereocenters. The van der Waals surface area contributed by atoms with Crippen molar-refractivity contribution in [3.05, 3.63) is 27.7 Å². The molecule has 1 aromatic carbocycles. The van der Waals surface area contributed by atoms with Crippen LogP contribution in [0.4, 0.5) is 10.5 Å². The van der Waals surface area contributed by atoms with Gasteiger partial charge in [0.15, 0.2) is 0 Å². The molecule has 3 nitrogen and oxygen atoms in total. The average Bonchev–Trinajstić information content (AvgIpc) is 2.06. The minimum atomic E-state index is -0.489. The highest BCUT2D eigenvalue weighted by Gasteiger charge is 2.18. The summed E-state index contributed by atoms with van der Waals surface area (Å²) in [6.07, 6.45) is -0.489. The number of benzene rings is 1. The van der Waals surface area contributed by atoms with Crippen LogP contribution in [0.2, 0.25) is 10.0 Å². The fourth-order valence-corrected chi connectivity index (χ4v) is 1.74. The van der Waals surface area contributed by atoms with Crippen LogP contribution in [0.1, 0.15) is 5.56 Å². The van der Waals surface area contributed by atoms with Crippen LogP contribution in [0.15, 0.2) is 12.1 Å². The smallest absolute Gasteiger partial charge is 0.412 e. The Morgan fingerprint density at radius 2 is 2.15 bits per heavy atom. The van der Waals surface area contributed by atoms with Gasteiger partial charge in [-0.1, -0.05) is 23.2 Å². The fraction of sp³-hybridized carbons (Fsp3) is 0.125. The first-order chi connectivity index (χ1) is 6.16. The molecule has 1 aliphatic rings. The van der Waals surface area contributed by atoms with Gasteiger partial charge in [0.1, 0.15) is 6.61 Å². The number of amides is 1. The minimum absolute atomic E-state index is 0.210. The standard InChI is InChI=1S/C8H5Cl2NO2/c9-5-1-4-3-13-8(12)11-7(4)6(10)2-5/h1-2H,3H2,(H,11,12). The van der Waals surface area contributed by atoms with Crippen LogP contribution in [-0.4, -0.2) is 6.09 Å². The Bertz CT molecular complexity index is 379. The summed E-state index contributed by atoms with van der Waals surface area (Å²) < 4.78 is 4.75. The van der Waals surface area contributed by atoms with Crippen molar-refractivity contribution in [3.8, 4) is 0 Å². The van der Waals surface area contributed by atoms with E-state index in [1.54, 1.807) is 12.1 Å². The summed E-state index contributed by atoms with van der Waals surface area (Å²) >= 11 is 11.6. The van der Waals surface area contributed by atoms with Crippen molar-refractivity contribution in [1.29, 1.82) is 0 Å². The van der Waals surface area contributed by atoms with Crippen molar-refractivity contribution in [1.82, 2.24) is 0 Å². The Kier molecular flexibility index (Phi) is 2.06. The maximum absolute atomic E-state index is 10.8. The van der Waals surface area contributed by atoms with Crippen LogP contribution >= 0.6 is 23.2 Å². The van der Waals surface area contributed by atoms with Gasteiger partial charge in [-0.3, -0.25) is 5.32 Å². The summed E-state index contributed by atoms with van der Waals surface area (Å²) in [6, 6.07) is 3.29. The molecule has 13 heavy (non-hydrogen) atoms. The number of carbonyl (C=O) groups excluding carboxylic acids is 1. The van der Waals surface area contributed by atoms with E-state index < -0.39 is 6.09 Å². The van der Waals surface area contributed by atoms with Crippen molar-refractivity contribution >= 4 is 35.0 Å². The molecule has 2 rings (SSSR count). The molecule has 0 spiro atoms. The van der Waals surface area contributed by atoms with Crippen LogP contribution in [0.3, 0.4) is 0 Å². The molecule has 0 aliphatic carbocycles. The van der Waals surface area contributed by atoms with Gasteiger partial charge in [0.2, 0.25) is 0 Å². The highest BCUT2D eigenvalue weighted by Crippen LogP contribution is 2.32. The first kappa shape index (κ1) is 8.66. The Morgan fingerprint density at radius 1 is 1.38 bits per heavy atom. The predicted octanol–water partition coefficient (Wildman–Crippen LogP) is 3.06. The Balaban J connectivity index is 2.53. The summed E-state index contributed by atoms with van der Waals surface area (Å²) in [5.41, 5.74) is 1.37. The first-order valence-corrected chi connectivity index (χ1v) is 4.34. The summed E-state index contributed by atoms with van der Waals surface area (Å²) in [5.74, 6) is 0. The molecule has 0 unspecified atom stereocenters. The fourth-order valence-electron chi connectivity index (χ4n) is 1.16. The Morgan fingerprint density at radius 3 is 2.92 bits per heavy atom. The SMILES string of the molecule is O=C1Nc2c(Cl)cc(Cl)cc2CO1. The molecule has 1 heterocycles. The van der Waals surface area contributed by atoms with Crippen molar-refractivity contribution in [2.24, 2.45) is 0 Å². The number of halogens is 2. The van der Waals surface area contributed by atoms with E-state index >= 15 is 0 Å². The highest BCUT2D eigenvalue weighted by atomic mass is 35.5. The second kappa shape index (κ2) is 3.09. The van der Waals surface area contributed by atoms with E-state index in [4.69, 9.17) is 27.9 Å². The number of hydrogen-bond acceptors (Lipinski definition) is 2. The minimum Gasteiger partial charge on any atom is -0.444 e. The van der Waals surface area contributed by atoms with E-state index in [0.717, 1.165) is 5.56 Å². The molecule has 0 saturated carbocycles. The molecule has 1 N–H and O–H groups in total. The molecule has 0 radical (unpaired) electrons. The number of anilines is 1. The number of nitrogens with one attached hydrogen (secondary N) is 1. The molecular weight excluding hydrogens is 213 g/mol. The third kappa shape index (κ3) is 1.57. The summed E-state index contributed by atoms with van der Waals surface area (Å²) in [7, 11) is 0. The zero-order chi connectivity index (χ0) is 9.42. The molecule has 0 fully saturated rings. The van der Waals surface area contributed by atoms with E-state index in [9.17, 15) is 4.79 Å². The van der Waals surface area contributed by atoms with Crippen molar-refractivity contribution in [3.63, 3.8) is 0 Å². The normalized spacial score (nSPS) is 14.5. The van der Waals surface area contributed by atoms with Gasteiger partial charge in [-0.15, -0.1) is 0 Å². The third-order valence-corrected chi connectivity index (χ3v) is 2.24. The largest absolute Gasteiger partial charge is 0.444 e. The van der Waals surface area contributed by atoms with Crippen LogP contribution < -0.4 is 5.32 Å². The molecule has 1 amide bonds. The number of carbonyl (C=O) groups is 1. The average molecular weight is 218 g/mol. The van der Waals surface area contributed by atoms with Crippen LogP contribution in [0.25, 0.3) is 0 Å². The monoisotopic (exact) mass is 217 g/mol. The van der Waals surface area contributed by atoms with Gasteiger partial charge in [0.05, 0.1) is 10.7 Å². The lowest BCUT2D eigenvalue weighted by Gasteiger charge is -2.18. The Hall–Kier alpha value is -0.930. The highest BCUT2D eigenvalue weighted by molar-refractivity contribution is 6.37. The van der Waals surface area contributed by atoms with E-state index in [-0.39, 0.29) is 6.61 Å². The predicted molar refractivity (Wildman–Crippen MR) is 50.3 cm³/mol. The molecule has 68 valence electrons. The third-order valence-electron chi connectivity index (χ3n) is 1.72. The van der Waals surface area contributed by atoms with Gasteiger partial charge < -0.3 is 4.74 Å². The van der Waals surface area contributed by atoms with Crippen LogP contribution in [0, 0.1) is 0 Å². The van der Waals surface area contributed by atoms with E-state index in [0.29, 0.717) is 15.7 Å². The van der Waals surface area contributed by atoms with Crippen molar-refractivity contribution in [2.75, 3.05) is 5.32 Å². The molecule has 0 bridgehead atoms. The van der Waals surface area contributed by atoms with Gasteiger partial charge in [-0.2, -0.15) is 0 Å². The van der Waals surface area contributed by atoms with Crippen LogP contribution in [0.5, 0.6) is 0 Å². The maximum atomic E-state index is 10.8. The van der Waals surface area contributed by atoms with Gasteiger partial charge >= 0.3 is 6.09 Å². The Labute approximate surface area is 84.6 Å². The van der Waals surface area contributed by atoms with Gasteiger partial charge in [0, 0.05) is 10.6 Å². The molecule has 0 saturated heterocycles. The zero-order valence-corrected chi connectivity index (χ0v) is 7.95. The lowest BCUT2D eigenvalue weighted by Crippen LogP contribution is -2.20.